The highest BCUT2D eigenvalue weighted by molar-refractivity contribution is 5.79. The van der Waals surface area contributed by atoms with Crippen molar-refractivity contribution >= 4 is 5.96 Å². The second-order valence-corrected chi connectivity index (χ2v) is 6.26. The van der Waals surface area contributed by atoms with Crippen molar-refractivity contribution in [2.75, 3.05) is 19.6 Å². The van der Waals surface area contributed by atoms with E-state index < -0.39 is 0 Å². The standard InChI is InChI=1S/C19H30N6/c1-5-18-24-23-14-25(18)11-10-21-19(20-6-2)22-13-16(4)17-9-7-8-15(3)12-17/h7-9,12,14,16H,5-6,10-11,13H2,1-4H3,(H2,20,21,22). The zero-order chi connectivity index (χ0) is 18.1. The van der Waals surface area contributed by atoms with E-state index in [1.807, 2.05) is 0 Å². The van der Waals surface area contributed by atoms with E-state index in [2.05, 4.69) is 77.4 Å². The minimum atomic E-state index is 0.389. The predicted octanol–water partition coefficient (Wildman–Crippen LogP) is 2.51. The number of aromatic nitrogens is 3. The maximum atomic E-state index is 4.73. The van der Waals surface area contributed by atoms with Gasteiger partial charge in [-0.1, -0.05) is 43.7 Å². The van der Waals surface area contributed by atoms with E-state index >= 15 is 0 Å². The van der Waals surface area contributed by atoms with E-state index in [0.29, 0.717) is 5.92 Å². The van der Waals surface area contributed by atoms with Crippen molar-refractivity contribution in [1.29, 1.82) is 0 Å². The first-order valence-electron chi connectivity index (χ1n) is 9.09. The maximum Gasteiger partial charge on any atom is 0.191 e. The molecule has 1 heterocycles. The van der Waals surface area contributed by atoms with Crippen LogP contribution in [0.2, 0.25) is 0 Å². The minimum absolute atomic E-state index is 0.389. The zero-order valence-electron chi connectivity index (χ0n) is 15.8. The largest absolute Gasteiger partial charge is 0.357 e. The summed E-state index contributed by atoms with van der Waals surface area (Å²) >= 11 is 0. The maximum absolute atomic E-state index is 4.73. The summed E-state index contributed by atoms with van der Waals surface area (Å²) in [6.07, 6.45) is 2.67. The van der Waals surface area contributed by atoms with E-state index in [1.165, 1.54) is 11.1 Å². The topological polar surface area (TPSA) is 67.1 Å². The summed E-state index contributed by atoms with van der Waals surface area (Å²) in [6.45, 7) is 11.7. The zero-order valence-corrected chi connectivity index (χ0v) is 15.8. The smallest absolute Gasteiger partial charge is 0.191 e. The molecule has 1 atom stereocenters. The fraction of sp³-hybridized carbons (Fsp3) is 0.526. The number of nitrogens with zero attached hydrogens (tertiary/aromatic N) is 4. The number of hydrogen-bond donors (Lipinski definition) is 2. The lowest BCUT2D eigenvalue weighted by atomic mass is 10.00. The molecule has 0 bridgehead atoms. The highest BCUT2D eigenvalue weighted by Crippen LogP contribution is 2.16. The Morgan fingerprint density at radius 1 is 1.28 bits per heavy atom. The molecule has 136 valence electrons. The van der Waals surface area contributed by atoms with Crippen molar-refractivity contribution in [2.45, 2.75) is 46.6 Å². The van der Waals surface area contributed by atoms with Crippen molar-refractivity contribution < 1.29 is 0 Å². The molecule has 0 saturated carbocycles. The third-order valence-electron chi connectivity index (χ3n) is 4.14. The highest BCUT2D eigenvalue weighted by atomic mass is 15.3. The first-order valence-corrected chi connectivity index (χ1v) is 9.09. The molecule has 1 aromatic carbocycles. The Balaban J connectivity index is 1.89. The van der Waals surface area contributed by atoms with Gasteiger partial charge in [-0.05, 0) is 19.4 Å². The minimum Gasteiger partial charge on any atom is -0.357 e. The highest BCUT2D eigenvalue weighted by Gasteiger charge is 2.06. The summed E-state index contributed by atoms with van der Waals surface area (Å²) in [5, 5.41) is 14.8. The second kappa shape index (κ2) is 9.81. The predicted molar refractivity (Wildman–Crippen MR) is 103 cm³/mol. The molecular formula is C19H30N6. The molecule has 0 amide bonds. The molecule has 1 aromatic heterocycles. The van der Waals surface area contributed by atoms with Crippen LogP contribution in [0, 0.1) is 6.92 Å². The molecule has 0 radical (unpaired) electrons. The van der Waals surface area contributed by atoms with Gasteiger partial charge in [0.25, 0.3) is 0 Å². The van der Waals surface area contributed by atoms with Gasteiger partial charge < -0.3 is 15.2 Å². The summed E-state index contributed by atoms with van der Waals surface area (Å²) in [6, 6.07) is 8.64. The molecule has 6 heteroatoms. The lowest BCUT2D eigenvalue weighted by molar-refractivity contribution is 0.631. The lowest BCUT2D eigenvalue weighted by Gasteiger charge is -2.14. The quantitative estimate of drug-likeness (QED) is 0.571. The normalized spacial score (nSPS) is 12.9. The van der Waals surface area contributed by atoms with Crippen molar-refractivity contribution in [3.8, 4) is 0 Å². The van der Waals surface area contributed by atoms with Crippen molar-refractivity contribution in [3.05, 3.63) is 47.5 Å². The van der Waals surface area contributed by atoms with E-state index in [1.54, 1.807) is 6.33 Å². The lowest BCUT2D eigenvalue weighted by Crippen LogP contribution is -2.39. The molecule has 0 spiro atoms. The molecule has 0 aliphatic rings. The summed E-state index contributed by atoms with van der Waals surface area (Å²) in [5.41, 5.74) is 2.62. The van der Waals surface area contributed by atoms with Gasteiger partial charge in [0.15, 0.2) is 5.96 Å². The van der Waals surface area contributed by atoms with Gasteiger partial charge in [-0.25, -0.2) is 0 Å². The van der Waals surface area contributed by atoms with Gasteiger partial charge >= 0.3 is 0 Å². The van der Waals surface area contributed by atoms with Crippen LogP contribution in [0.4, 0.5) is 0 Å². The SMILES string of the molecule is CCNC(=NCC(C)c1cccc(C)c1)NCCn1cnnc1CC. The first-order chi connectivity index (χ1) is 12.1. The number of hydrogen-bond acceptors (Lipinski definition) is 3. The van der Waals surface area contributed by atoms with Crippen LogP contribution in [0.3, 0.4) is 0 Å². The van der Waals surface area contributed by atoms with Crippen LogP contribution in [-0.4, -0.2) is 40.4 Å². The van der Waals surface area contributed by atoms with Gasteiger partial charge in [-0.3, -0.25) is 4.99 Å². The van der Waals surface area contributed by atoms with Crippen LogP contribution in [-0.2, 0) is 13.0 Å². The van der Waals surface area contributed by atoms with Crippen molar-refractivity contribution in [1.82, 2.24) is 25.4 Å². The third kappa shape index (κ3) is 5.89. The third-order valence-corrected chi connectivity index (χ3v) is 4.14. The van der Waals surface area contributed by atoms with Gasteiger partial charge in [-0.15, -0.1) is 10.2 Å². The number of guanidine groups is 1. The Hall–Kier alpha value is -2.37. The van der Waals surface area contributed by atoms with Crippen LogP contribution in [0.1, 0.15) is 43.6 Å². The van der Waals surface area contributed by atoms with Gasteiger partial charge in [0.05, 0.1) is 0 Å². The molecule has 2 aromatic rings. The number of rotatable bonds is 8. The Labute approximate surface area is 150 Å². The molecule has 6 nitrogen and oxygen atoms in total. The van der Waals surface area contributed by atoms with E-state index in [0.717, 1.165) is 44.4 Å². The summed E-state index contributed by atoms with van der Waals surface area (Å²) in [4.78, 5) is 4.73. The molecule has 1 unspecified atom stereocenters. The first kappa shape index (κ1) is 19.0. The van der Waals surface area contributed by atoms with Crippen LogP contribution in [0.5, 0.6) is 0 Å². The Morgan fingerprint density at radius 2 is 2.12 bits per heavy atom. The molecule has 25 heavy (non-hydrogen) atoms. The monoisotopic (exact) mass is 342 g/mol. The van der Waals surface area contributed by atoms with Crippen molar-refractivity contribution in [3.63, 3.8) is 0 Å². The second-order valence-electron chi connectivity index (χ2n) is 6.26. The number of benzene rings is 1. The van der Waals surface area contributed by atoms with Crippen LogP contribution in [0.15, 0.2) is 35.6 Å². The van der Waals surface area contributed by atoms with Crippen LogP contribution in [0.25, 0.3) is 0 Å². The molecule has 2 N–H and O–H groups in total. The number of nitrogens with one attached hydrogen (secondary N) is 2. The number of aliphatic imine (C=N–C) groups is 1. The molecule has 0 aliphatic carbocycles. The van der Waals surface area contributed by atoms with Gasteiger partial charge in [-0.2, -0.15) is 0 Å². The molecule has 0 fully saturated rings. The van der Waals surface area contributed by atoms with Crippen molar-refractivity contribution in [2.24, 2.45) is 4.99 Å². The van der Waals surface area contributed by atoms with Crippen LogP contribution >= 0.6 is 0 Å². The van der Waals surface area contributed by atoms with E-state index in [4.69, 9.17) is 4.99 Å². The van der Waals surface area contributed by atoms with E-state index in [9.17, 15) is 0 Å². The van der Waals surface area contributed by atoms with E-state index in [-0.39, 0.29) is 0 Å². The molecule has 0 aliphatic heterocycles. The fourth-order valence-corrected chi connectivity index (χ4v) is 2.69. The molecular weight excluding hydrogens is 312 g/mol. The number of aryl methyl sites for hydroxylation is 2. The Morgan fingerprint density at radius 3 is 2.84 bits per heavy atom. The summed E-state index contributed by atoms with van der Waals surface area (Å²) < 4.78 is 2.08. The fourth-order valence-electron chi connectivity index (χ4n) is 2.69. The Kier molecular flexibility index (Phi) is 7.44. The average molecular weight is 342 g/mol. The van der Waals surface area contributed by atoms with Crippen LogP contribution < -0.4 is 10.6 Å². The molecule has 2 rings (SSSR count). The van der Waals surface area contributed by atoms with Gasteiger partial charge in [0, 0.05) is 38.5 Å². The van der Waals surface area contributed by atoms with Gasteiger partial charge in [0.1, 0.15) is 12.2 Å². The molecule has 0 saturated heterocycles. The Bertz CT molecular complexity index is 676. The van der Waals surface area contributed by atoms with Gasteiger partial charge in [0.2, 0.25) is 0 Å². The summed E-state index contributed by atoms with van der Waals surface area (Å²) in [7, 11) is 0. The summed E-state index contributed by atoms with van der Waals surface area (Å²) in [5.74, 6) is 2.25. The average Bonchev–Trinajstić information content (AvgIpc) is 3.07.